The van der Waals surface area contributed by atoms with Crippen LogP contribution in [0.1, 0.15) is 37.3 Å². The van der Waals surface area contributed by atoms with Gasteiger partial charge in [-0.3, -0.25) is 4.79 Å². The smallest absolute Gasteiger partial charge is 0.251 e. The third kappa shape index (κ3) is 2.33. The number of thiazole rings is 1. The maximum Gasteiger partial charge on any atom is 0.251 e. The molecule has 2 aromatic rings. The standard InChI is InChI=1S/C12H12ClN3OS/c13-9-6-14-12(18-9)11-15-8(5-10(17)16-11)7-3-1-2-4-7/h5-7H,1-4H2,(H,15,16,17). The van der Waals surface area contributed by atoms with Crippen LogP contribution in [0.25, 0.3) is 10.8 Å². The molecule has 0 amide bonds. The van der Waals surface area contributed by atoms with E-state index < -0.39 is 0 Å². The monoisotopic (exact) mass is 281 g/mol. The van der Waals surface area contributed by atoms with E-state index in [1.54, 1.807) is 12.3 Å². The fourth-order valence-electron chi connectivity index (χ4n) is 2.37. The molecule has 1 aliphatic carbocycles. The molecular weight excluding hydrogens is 270 g/mol. The van der Waals surface area contributed by atoms with E-state index in [0.29, 0.717) is 21.1 Å². The van der Waals surface area contributed by atoms with Crippen LogP contribution >= 0.6 is 22.9 Å². The first-order chi connectivity index (χ1) is 8.72. The van der Waals surface area contributed by atoms with Gasteiger partial charge in [-0.05, 0) is 12.8 Å². The average Bonchev–Trinajstić information content (AvgIpc) is 2.98. The molecule has 0 aromatic carbocycles. The highest BCUT2D eigenvalue weighted by atomic mass is 35.5. The highest BCUT2D eigenvalue weighted by molar-refractivity contribution is 7.18. The normalized spacial score (nSPS) is 16.3. The lowest BCUT2D eigenvalue weighted by Gasteiger charge is -2.08. The molecule has 0 saturated heterocycles. The van der Waals surface area contributed by atoms with Gasteiger partial charge < -0.3 is 4.98 Å². The highest BCUT2D eigenvalue weighted by Gasteiger charge is 2.20. The molecule has 0 spiro atoms. The summed E-state index contributed by atoms with van der Waals surface area (Å²) in [6, 6.07) is 1.61. The molecule has 0 bridgehead atoms. The molecule has 1 N–H and O–H groups in total. The molecule has 94 valence electrons. The lowest BCUT2D eigenvalue weighted by molar-refractivity contribution is 0.693. The van der Waals surface area contributed by atoms with E-state index in [1.807, 2.05) is 0 Å². The number of hydrogen-bond acceptors (Lipinski definition) is 4. The summed E-state index contributed by atoms with van der Waals surface area (Å²) in [5.74, 6) is 0.947. The molecule has 1 fully saturated rings. The van der Waals surface area contributed by atoms with Gasteiger partial charge in [-0.25, -0.2) is 9.97 Å². The van der Waals surface area contributed by atoms with Crippen LogP contribution in [0.5, 0.6) is 0 Å². The van der Waals surface area contributed by atoms with Gasteiger partial charge in [-0.1, -0.05) is 35.8 Å². The Hall–Kier alpha value is -1.20. The molecule has 18 heavy (non-hydrogen) atoms. The largest absolute Gasteiger partial charge is 0.304 e. The maximum atomic E-state index is 11.7. The zero-order chi connectivity index (χ0) is 12.5. The third-order valence-corrected chi connectivity index (χ3v) is 4.34. The van der Waals surface area contributed by atoms with Crippen molar-refractivity contribution in [3.05, 3.63) is 32.6 Å². The summed E-state index contributed by atoms with van der Waals surface area (Å²) in [7, 11) is 0. The minimum atomic E-state index is -0.117. The van der Waals surface area contributed by atoms with Crippen LogP contribution in [-0.2, 0) is 0 Å². The zero-order valence-corrected chi connectivity index (χ0v) is 11.2. The number of nitrogens with one attached hydrogen (secondary N) is 1. The summed E-state index contributed by atoms with van der Waals surface area (Å²) >= 11 is 7.18. The molecule has 2 heterocycles. The summed E-state index contributed by atoms with van der Waals surface area (Å²) < 4.78 is 0.596. The summed E-state index contributed by atoms with van der Waals surface area (Å²) in [6.07, 6.45) is 6.25. The Morgan fingerprint density at radius 3 is 2.83 bits per heavy atom. The molecule has 1 saturated carbocycles. The van der Waals surface area contributed by atoms with Crippen LogP contribution < -0.4 is 5.56 Å². The Kier molecular flexibility index (Phi) is 3.18. The van der Waals surface area contributed by atoms with E-state index in [1.165, 1.54) is 24.2 Å². The van der Waals surface area contributed by atoms with Crippen molar-refractivity contribution in [3.63, 3.8) is 0 Å². The molecule has 3 rings (SSSR count). The van der Waals surface area contributed by atoms with Crippen molar-refractivity contribution in [2.75, 3.05) is 0 Å². The topological polar surface area (TPSA) is 58.6 Å². The van der Waals surface area contributed by atoms with E-state index in [0.717, 1.165) is 18.5 Å². The van der Waals surface area contributed by atoms with Crippen molar-refractivity contribution < 1.29 is 0 Å². The second kappa shape index (κ2) is 4.82. The minimum Gasteiger partial charge on any atom is -0.304 e. The summed E-state index contributed by atoms with van der Waals surface area (Å²) in [5.41, 5.74) is 0.769. The Balaban J connectivity index is 2.02. The van der Waals surface area contributed by atoms with Gasteiger partial charge in [-0.15, -0.1) is 0 Å². The van der Waals surface area contributed by atoms with Gasteiger partial charge in [0.15, 0.2) is 10.8 Å². The summed E-state index contributed by atoms with van der Waals surface area (Å²) in [6.45, 7) is 0. The molecule has 4 nitrogen and oxygen atoms in total. The van der Waals surface area contributed by atoms with Crippen molar-refractivity contribution in [1.29, 1.82) is 0 Å². The minimum absolute atomic E-state index is 0.117. The second-order valence-electron chi connectivity index (χ2n) is 4.47. The SMILES string of the molecule is O=c1cc(C2CCCC2)nc(-c2ncc(Cl)s2)[nH]1. The first-order valence-electron chi connectivity index (χ1n) is 5.95. The highest BCUT2D eigenvalue weighted by Crippen LogP contribution is 2.33. The van der Waals surface area contributed by atoms with Gasteiger partial charge in [-0.2, -0.15) is 0 Å². The van der Waals surface area contributed by atoms with Crippen molar-refractivity contribution in [3.8, 4) is 10.8 Å². The number of aromatic amines is 1. The molecule has 6 heteroatoms. The molecule has 2 aromatic heterocycles. The lowest BCUT2D eigenvalue weighted by Crippen LogP contribution is -2.12. The van der Waals surface area contributed by atoms with Crippen LogP contribution in [0.15, 0.2) is 17.1 Å². The first kappa shape index (κ1) is 11.9. The molecule has 0 radical (unpaired) electrons. The van der Waals surface area contributed by atoms with Crippen LogP contribution in [0.4, 0.5) is 0 Å². The van der Waals surface area contributed by atoms with Crippen molar-refractivity contribution in [1.82, 2.24) is 15.0 Å². The van der Waals surface area contributed by atoms with E-state index >= 15 is 0 Å². The molecular formula is C12H12ClN3OS. The average molecular weight is 282 g/mol. The van der Waals surface area contributed by atoms with E-state index in [4.69, 9.17) is 11.6 Å². The number of halogens is 1. The van der Waals surface area contributed by atoms with Gasteiger partial charge in [0.2, 0.25) is 0 Å². The maximum absolute atomic E-state index is 11.7. The molecule has 0 aliphatic heterocycles. The number of hydrogen-bond donors (Lipinski definition) is 1. The van der Waals surface area contributed by atoms with Gasteiger partial charge in [0.1, 0.15) is 4.34 Å². The van der Waals surface area contributed by atoms with E-state index in [9.17, 15) is 4.79 Å². The quantitative estimate of drug-likeness (QED) is 0.919. The van der Waals surface area contributed by atoms with E-state index in [2.05, 4.69) is 15.0 Å². The molecule has 0 unspecified atom stereocenters. The Morgan fingerprint density at radius 2 is 2.17 bits per heavy atom. The lowest BCUT2D eigenvalue weighted by atomic mass is 10.0. The second-order valence-corrected chi connectivity index (χ2v) is 6.13. The predicted molar refractivity (Wildman–Crippen MR) is 72.2 cm³/mol. The summed E-state index contributed by atoms with van der Waals surface area (Å²) in [5, 5.41) is 0.664. The summed E-state index contributed by atoms with van der Waals surface area (Å²) in [4.78, 5) is 23.1. The Labute approximate surface area is 113 Å². The van der Waals surface area contributed by atoms with E-state index in [-0.39, 0.29) is 5.56 Å². The number of H-pyrrole nitrogens is 1. The van der Waals surface area contributed by atoms with Gasteiger partial charge in [0.25, 0.3) is 5.56 Å². The van der Waals surface area contributed by atoms with Gasteiger partial charge in [0, 0.05) is 12.0 Å². The van der Waals surface area contributed by atoms with Crippen LogP contribution in [0.2, 0.25) is 4.34 Å². The number of nitrogens with zero attached hydrogens (tertiary/aromatic N) is 2. The molecule has 0 atom stereocenters. The Bertz CT molecular complexity index is 616. The van der Waals surface area contributed by atoms with Crippen LogP contribution in [0.3, 0.4) is 0 Å². The van der Waals surface area contributed by atoms with Crippen molar-refractivity contribution >= 4 is 22.9 Å². The van der Waals surface area contributed by atoms with Crippen LogP contribution in [-0.4, -0.2) is 15.0 Å². The first-order valence-corrected chi connectivity index (χ1v) is 7.15. The van der Waals surface area contributed by atoms with Crippen molar-refractivity contribution in [2.45, 2.75) is 31.6 Å². The number of aromatic nitrogens is 3. The Morgan fingerprint density at radius 1 is 1.39 bits per heavy atom. The fraction of sp³-hybridized carbons (Fsp3) is 0.417. The number of rotatable bonds is 2. The van der Waals surface area contributed by atoms with Gasteiger partial charge >= 0.3 is 0 Å². The molecule has 1 aliphatic rings. The zero-order valence-electron chi connectivity index (χ0n) is 9.65. The third-order valence-electron chi connectivity index (χ3n) is 3.21. The fourth-order valence-corrected chi connectivity index (χ4v) is 3.23. The van der Waals surface area contributed by atoms with Gasteiger partial charge in [0.05, 0.1) is 11.9 Å². The van der Waals surface area contributed by atoms with Crippen LogP contribution in [0, 0.1) is 0 Å². The predicted octanol–water partition coefficient (Wildman–Crippen LogP) is 3.20. The van der Waals surface area contributed by atoms with Crippen molar-refractivity contribution in [2.24, 2.45) is 0 Å².